The van der Waals surface area contributed by atoms with Gasteiger partial charge in [-0.3, -0.25) is 32.6 Å². The third kappa shape index (κ3) is 11.9. The summed E-state index contributed by atoms with van der Waals surface area (Å²) in [6.07, 6.45) is -7.34. The number of benzene rings is 3. The molecule has 3 aromatic carbocycles. The van der Waals surface area contributed by atoms with E-state index >= 15 is 13.3 Å². The molecular formula is C53H60BF2N13O12P2S. The van der Waals surface area contributed by atoms with E-state index in [2.05, 4.69) is 48.0 Å². The summed E-state index contributed by atoms with van der Waals surface area (Å²) in [5.74, 6) is 0.148. The molecule has 7 aromatic rings. The number of imidazole rings is 2. The number of hydrogen-bond acceptors (Lipinski definition) is 23. The van der Waals surface area contributed by atoms with Crippen LogP contribution in [0.2, 0.25) is 0 Å². The maximum absolute atomic E-state index is 17.0. The lowest BCUT2D eigenvalue weighted by Crippen LogP contribution is -2.39. The molecule has 1 amide bonds. The molecule has 5 aliphatic rings. The molecule has 84 heavy (non-hydrogen) atoms. The van der Waals surface area contributed by atoms with Gasteiger partial charge in [0, 0.05) is 29.5 Å². The average molecular weight is 1210 g/mol. The van der Waals surface area contributed by atoms with Crippen molar-refractivity contribution >= 4 is 90.0 Å². The number of nitrogens with two attached hydrogens (primary N) is 2. The number of hydrazine groups is 2. The van der Waals surface area contributed by atoms with Crippen LogP contribution in [0.5, 0.6) is 0 Å². The molecule has 12 rings (SSSR count). The Morgan fingerprint density at radius 2 is 1.40 bits per heavy atom. The van der Waals surface area contributed by atoms with Crippen LogP contribution in [0.15, 0.2) is 104 Å². The van der Waals surface area contributed by atoms with E-state index in [1.807, 2.05) is 77.5 Å². The lowest BCUT2D eigenvalue weighted by atomic mass is 9.96. The minimum absolute atomic E-state index is 0.0437. The molecule has 0 spiro atoms. The van der Waals surface area contributed by atoms with Crippen LogP contribution in [-0.2, 0) is 74.6 Å². The Kier molecular flexibility index (Phi) is 17.2. The van der Waals surface area contributed by atoms with E-state index < -0.39 is 76.7 Å². The Hall–Kier alpha value is -6.43. The van der Waals surface area contributed by atoms with E-state index in [-0.39, 0.29) is 40.9 Å². The molecule has 0 unspecified atom stereocenters. The molecule has 0 aliphatic carbocycles. The minimum Gasteiger partial charge on any atom is -0.397 e. The van der Waals surface area contributed by atoms with Crippen molar-refractivity contribution in [2.45, 2.75) is 81.5 Å². The lowest BCUT2D eigenvalue weighted by molar-refractivity contribution is -0.118. The number of amides is 1. The van der Waals surface area contributed by atoms with Crippen LogP contribution in [-0.4, -0.2) is 142 Å². The molecule has 9 heterocycles. The van der Waals surface area contributed by atoms with Gasteiger partial charge < -0.3 is 54.5 Å². The van der Waals surface area contributed by atoms with Gasteiger partial charge >= 0.3 is 6.80 Å². The highest BCUT2D eigenvalue weighted by molar-refractivity contribution is 8.54. The van der Waals surface area contributed by atoms with Crippen molar-refractivity contribution in [1.29, 1.82) is 0 Å². The SMILES string of the molecule is B[P@]1(=O)OC[C@H]2O[C@@H](n3cnc4c(N)ccnc43)[C@H](F)[C@@H]2O[P@@](=O)(SCc2ccc(COCCOCCOCCN3NNC4=C3c3ccccc3N(C(=O)CC)Cc3ccccc34)cc2)OC[C@H]2O[C@@H](n3cnc4c(N)ncnc43)[C@H](F)[C@@H]2O1. The van der Waals surface area contributed by atoms with Gasteiger partial charge in [-0.05, 0) is 40.2 Å². The first-order chi connectivity index (χ1) is 40.8. The molecule has 6 N–H and O–H groups in total. The lowest BCUT2D eigenvalue weighted by Gasteiger charge is -2.30. The van der Waals surface area contributed by atoms with Crippen molar-refractivity contribution in [3.63, 3.8) is 0 Å². The quantitative estimate of drug-likeness (QED) is 0.0451. The van der Waals surface area contributed by atoms with Crippen molar-refractivity contribution in [2.24, 2.45) is 0 Å². The normalized spacial score (nSPS) is 27.0. The maximum atomic E-state index is 17.0. The highest BCUT2D eigenvalue weighted by Crippen LogP contribution is 2.65. The predicted molar refractivity (Wildman–Crippen MR) is 308 cm³/mol. The van der Waals surface area contributed by atoms with Gasteiger partial charge in [0.2, 0.25) is 5.91 Å². The molecule has 10 atom stereocenters. The number of rotatable bonds is 17. The number of nitrogens with zero attached hydrogens (tertiary/aromatic N) is 9. The summed E-state index contributed by atoms with van der Waals surface area (Å²) in [7, 11) is -3.05. The Balaban J connectivity index is 0.653. The van der Waals surface area contributed by atoms with Crippen LogP contribution in [0.4, 0.5) is 26.0 Å². The second kappa shape index (κ2) is 24.9. The molecule has 3 fully saturated rings. The van der Waals surface area contributed by atoms with Gasteiger partial charge in [-0.2, -0.15) is 0 Å². The molecule has 0 radical (unpaired) electrons. The molecule has 4 aromatic heterocycles. The standard InChI is InChI=1S/C53H60BF2N13O12P2S/c1-2-40(70)66-23-33-7-3-4-8-34(33)43-46(35-9-5-6-10-37(35)66)69(65-64-43)17-18-73-19-20-74-21-22-75-24-31-11-13-32(14-12-31)27-84-83(72)77-26-39-47(41(55)52(79-39)68-30-63-45-49(58)60-28-61-51(45)68)80-82(54,71)76-25-38-48(81-83)42(56)53(78-38)67-29-62-44-36(57)15-16-59-50(44)67/h3-16,28-30,38-39,41-42,47-48,52-53,64-65H,2,17-27,54H2,1H3,(H2,57,59)(H2,58,60,61)/t38-,39-,41-,42-,47-,48-,52-,53-,82+,83+/m1/s1. The number of carbonyl (C=O) groups is 1. The van der Waals surface area contributed by atoms with E-state index in [0.717, 1.165) is 58.3 Å². The van der Waals surface area contributed by atoms with Gasteiger partial charge in [-0.25, -0.2) is 38.3 Å². The molecule has 31 heteroatoms. The van der Waals surface area contributed by atoms with E-state index in [9.17, 15) is 9.36 Å². The highest BCUT2D eigenvalue weighted by Gasteiger charge is 2.55. The predicted octanol–water partition coefficient (Wildman–Crippen LogP) is 6.16. The van der Waals surface area contributed by atoms with Gasteiger partial charge in [-0.15, -0.1) is 5.53 Å². The number of ether oxygens (including phenoxy) is 5. The van der Waals surface area contributed by atoms with Crippen molar-refractivity contribution in [2.75, 3.05) is 69.2 Å². The first-order valence-corrected chi connectivity index (χ1v) is 32.3. The third-order valence-electron chi connectivity index (χ3n) is 14.8. The fourth-order valence-electron chi connectivity index (χ4n) is 10.6. The number of halogens is 2. The topological polar surface area (TPSA) is 291 Å². The Morgan fingerprint density at radius 3 is 2.15 bits per heavy atom. The zero-order valence-electron chi connectivity index (χ0n) is 45.6. The van der Waals surface area contributed by atoms with Crippen LogP contribution >= 0.6 is 25.7 Å². The number of para-hydroxylation sites is 1. The average Bonchev–Trinajstić information content (AvgIpc) is 2.24. The van der Waals surface area contributed by atoms with Gasteiger partial charge in [0.05, 0.1) is 101 Å². The maximum Gasteiger partial charge on any atom is 0.389 e. The molecule has 0 saturated carbocycles. The summed E-state index contributed by atoms with van der Waals surface area (Å²) in [6.45, 7) is -0.795. The zero-order chi connectivity index (χ0) is 58.1. The fourth-order valence-corrected chi connectivity index (χ4v) is 15.1. The van der Waals surface area contributed by atoms with Gasteiger partial charge in [-0.1, -0.05) is 73.7 Å². The van der Waals surface area contributed by atoms with E-state index in [1.54, 1.807) is 6.07 Å². The highest BCUT2D eigenvalue weighted by atomic mass is 32.7. The van der Waals surface area contributed by atoms with E-state index in [0.29, 0.717) is 69.3 Å². The van der Waals surface area contributed by atoms with Crippen molar-refractivity contribution in [1.82, 2.24) is 50.0 Å². The molecule has 3 saturated heterocycles. The van der Waals surface area contributed by atoms with Crippen LogP contribution in [0.25, 0.3) is 33.7 Å². The molecular weight excluding hydrogens is 1150 g/mol. The Morgan fingerprint density at radius 1 is 0.762 bits per heavy atom. The molecule has 5 aliphatic heterocycles. The summed E-state index contributed by atoms with van der Waals surface area (Å²) in [4.78, 5) is 36.1. The number of anilines is 3. The van der Waals surface area contributed by atoms with Gasteiger partial charge in [0.15, 0.2) is 41.9 Å². The first kappa shape index (κ1) is 58.0. The number of aromatic nitrogens is 7. The number of nitrogens with one attached hydrogen (secondary N) is 2. The van der Waals surface area contributed by atoms with Crippen molar-refractivity contribution < 1.29 is 64.5 Å². The third-order valence-corrected chi connectivity index (χ3v) is 19.7. The number of alkyl halides is 2. The van der Waals surface area contributed by atoms with Gasteiger partial charge in [0.1, 0.15) is 41.8 Å². The second-order valence-electron chi connectivity index (χ2n) is 20.3. The number of pyridine rings is 1. The summed E-state index contributed by atoms with van der Waals surface area (Å²) < 4.78 is 120. The molecule has 25 nitrogen and oxygen atoms in total. The molecule has 0 bridgehead atoms. The molecule has 442 valence electrons. The Bertz CT molecular complexity index is 3670. The first-order valence-electron chi connectivity index (χ1n) is 27.2. The monoisotopic (exact) mass is 1210 g/mol. The fraction of sp³-hybridized carbons (Fsp3) is 0.396. The van der Waals surface area contributed by atoms with Crippen LogP contribution < -0.4 is 27.3 Å². The van der Waals surface area contributed by atoms with E-state index in [1.165, 1.54) is 34.3 Å². The number of hydrogen-bond donors (Lipinski definition) is 4. The van der Waals surface area contributed by atoms with E-state index in [4.69, 9.17) is 53.2 Å². The number of carbonyl (C=O) groups excluding carboxylic acids is 1. The summed E-state index contributed by atoms with van der Waals surface area (Å²) in [5, 5.41) is 2.01. The van der Waals surface area contributed by atoms with Crippen molar-refractivity contribution in [3.05, 3.63) is 132 Å². The number of fused-ring (bicyclic) bond motifs is 8. The minimum atomic E-state index is -4.48. The summed E-state index contributed by atoms with van der Waals surface area (Å²) >= 11 is 0.772. The zero-order valence-corrected chi connectivity index (χ0v) is 48.2. The summed E-state index contributed by atoms with van der Waals surface area (Å²) in [5.41, 5.74) is 27.2. The summed E-state index contributed by atoms with van der Waals surface area (Å²) in [6, 6.07) is 25.0. The smallest absolute Gasteiger partial charge is 0.389 e. The van der Waals surface area contributed by atoms with Crippen molar-refractivity contribution in [3.8, 4) is 0 Å². The number of nitrogen functional groups attached to an aromatic ring is 2. The second-order valence-corrected chi connectivity index (χ2v) is 26.3. The Labute approximate surface area is 485 Å². The van der Waals surface area contributed by atoms with Crippen LogP contribution in [0, 0.1) is 0 Å². The van der Waals surface area contributed by atoms with Gasteiger partial charge in [0.25, 0.3) is 15.0 Å². The van der Waals surface area contributed by atoms with Crippen LogP contribution in [0.3, 0.4) is 0 Å². The van der Waals surface area contributed by atoms with Crippen LogP contribution in [0.1, 0.15) is 53.6 Å². The largest absolute Gasteiger partial charge is 0.397 e.